The van der Waals surface area contributed by atoms with E-state index in [1.807, 2.05) is 6.07 Å². The molecule has 116 valence electrons. The average Bonchev–Trinajstić information content (AvgIpc) is 2.48. The van der Waals surface area contributed by atoms with Crippen LogP contribution in [-0.2, 0) is 0 Å². The lowest BCUT2D eigenvalue weighted by Gasteiger charge is -2.28. The van der Waals surface area contributed by atoms with Gasteiger partial charge in [0.05, 0.1) is 4.92 Å². The van der Waals surface area contributed by atoms with Crippen molar-refractivity contribution in [3.8, 4) is 0 Å². The second-order valence-corrected chi connectivity index (χ2v) is 6.29. The van der Waals surface area contributed by atoms with Crippen LogP contribution in [0.2, 0.25) is 0 Å². The zero-order valence-corrected chi connectivity index (χ0v) is 12.9. The summed E-state index contributed by atoms with van der Waals surface area (Å²) in [6.07, 6.45) is 10.1. The van der Waals surface area contributed by atoms with Crippen LogP contribution in [0.1, 0.15) is 69.8 Å². The fourth-order valence-electron chi connectivity index (χ4n) is 3.44. The number of benzene rings is 1. The van der Waals surface area contributed by atoms with Gasteiger partial charge in [-0.2, -0.15) is 0 Å². The van der Waals surface area contributed by atoms with E-state index in [1.165, 1.54) is 38.5 Å². The Bertz CT molecular complexity index is 480. The summed E-state index contributed by atoms with van der Waals surface area (Å²) in [5, 5.41) is 11.0. The predicted molar refractivity (Wildman–Crippen MR) is 86.3 cm³/mol. The number of hydrogen-bond donors (Lipinski definition) is 1. The summed E-state index contributed by atoms with van der Waals surface area (Å²) in [6.45, 7) is 2.24. The minimum atomic E-state index is -0.380. The van der Waals surface area contributed by atoms with Crippen molar-refractivity contribution in [3.05, 3.63) is 33.9 Å². The fraction of sp³-hybridized carbons (Fsp3) is 0.647. The summed E-state index contributed by atoms with van der Waals surface area (Å²) < 4.78 is 0. The molecule has 21 heavy (non-hydrogen) atoms. The van der Waals surface area contributed by atoms with E-state index in [9.17, 15) is 10.1 Å². The zero-order chi connectivity index (χ0) is 15.2. The van der Waals surface area contributed by atoms with Crippen molar-refractivity contribution >= 4 is 11.4 Å². The zero-order valence-electron chi connectivity index (χ0n) is 12.9. The van der Waals surface area contributed by atoms with Crippen molar-refractivity contribution in [2.45, 2.75) is 64.2 Å². The first-order valence-corrected chi connectivity index (χ1v) is 8.15. The van der Waals surface area contributed by atoms with Gasteiger partial charge in [0.2, 0.25) is 0 Å². The van der Waals surface area contributed by atoms with Gasteiger partial charge in [0.25, 0.3) is 5.69 Å². The summed E-state index contributed by atoms with van der Waals surface area (Å²) in [5.74, 6) is 1.32. The third kappa shape index (κ3) is 4.19. The van der Waals surface area contributed by atoms with Gasteiger partial charge in [-0.3, -0.25) is 10.1 Å². The van der Waals surface area contributed by atoms with Crippen LogP contribution in [0.15, 0.2) is 18.2 Å². The number of unbranched alkanes of at least 4 members (excludes halogenated alkanes) is 2. The highest BCUT2D eigenvalue weighted by molar-refractivity contribution is 5.59. The Hall–Kier alpha value is -1.58. The molecular formula is C17H26N2O2. The Morgan fingerprint density at radius 3 is 2.57 bits per heavy atom. The molecule has 0 heterocycles. The summed E-state index contributed by atoms with van der Waals surface area (Å²) in [6, 6.07) is 5.32. The molecule has 0 spiro atoms. The quantitative estimate of drug-likeness (QED) is 0.345. The van der Waals surface area contributed by atoms with Crippen molar-refractivity contribution in [1.82, 2.24) is 0 Å². The van der Waals surface area contributed by atoms with Gasteiger partial charge < -0.3 is 5.73 Å². The maximum Gasteiger partial charge on any atom is 0.292 e. The van der Waals surface area contributed by atoms with Gasteiger partial charge in [-0.1, -0.05) is 38.7 Å². The lowest BCUT2D eigenvalue weighted by molar-refractivity contribution is -0.384. The maximum atomic E-state index is 11.0. The van der Waals surface area contributed by atoms with Gasteiger partial charge in [-0.05, 0) is 49.1 Å². The number of anilines is 1. The third-order valence-corrected chi connectivity index (χ3v) is 4.79. The van der Waals surface area contributed by atoms with E-state index in [0.29, 0.717) is 5.92 Å². The number of nitro groups is 1. The summed E-state index contributed by atoms with van der Waals surface area (Å²) >= 11 is 0. The van der Waals surface area contributed by atoms with E-state index in [2.05, 4.69) is 6.92 Å². The normalized spacial score (nSPS) is 22.1. The number of nitrogens with zero attached hydrogens (tertiary/aromatic N) is 1. The van der Waals surface area contributed by atoms with Crippen molar-refractivity contribution < 1.29 is 4.92 Å². The topological polar surface area (TPSA) is 69.2 Å². The van der Waals surface area contributed by atoms with Crippen LogP contribution < -0.4 is 5.73 Å². The van der Waals surface area contributed by atoms with Crippen molar-refractivity contribution in [1.29, 1.82) is 0 Å². The van der Waals surface area contributed by atoms with Crippen LogP contribution in [-0.4, -0.2) is 4.92 Å². The van der Waals surface area contributed by atoms with Crippen LogP contribution in [0, 0.1) is 16.0 Å². The Kier molecular flexibility index (Phi) is 5.59. The van der Waals surface area contributed by atoms with E-state index in [4.69, 9.17) is 5.73 Å². The minimum Gasteiger partial charge on any atom is -0.393 e. The van der Waals surface area contributed by atoms with Gasteiger partial charge in [0.1, 0.15) is 5.69 Å². The average molecular weight is 290 g/mol. The Balaban J connectivity index is 1.93. The van der Waals surface area contributed by atoms with Gasteiger partial charge in [-0.25, -0.2) is 0 Å². The first kappa shape index (κ1) is 15.8. The molecule has 0 amide bonds. The van der Waals surface area contributed by atoms with Crippen LogP contribution in [0.5, 0.6) is 0 Å². The molecule has 0 saturated heterocycles. The fourth-order valence-corrected chi connectivity index (χ4v) is 3.44. The predicted octanol–water partition coefficient (Wildman–Crippen LogP) is 5.03. The van der Waals surface area contributed by atoms with Gasteiger partial charge in [0.15, 0.2) is 0 Å². The lowest BCUT2D eigenvalue weighted by atomic mass is 9.77. The van der Waals surface area contributed by atoms with Crippen LogP contribution in [0.3, 0.4) is 0 Å². The second kappa shape index (κ2) is 7.43. The Labute approximate surface area is 126 Å². The molecule has 0 unspecified atom stereocenters. The molecular weight excluding hydrogens is 264 g/mol. The standard InChI is InChI=1S/C17H26N2O2/c1-2-3-4-5-13-6-8-14(9-7-13)15-10-11-16(18)17(12-15)19(20)21/h10-14H,2-9,18H2,1H3. The molecule has 1 aliphatic carbocycles. The number of hydrogen-bond acceptors (Lipinski definition) is 3. The van der Waals surface area contributed by atoms with Crippen molar-refractivity contribution in [2.75, 3.05) is 5.73 Å². The maximum absolute atomic E-state index is 11.0. The van der Waals surface area contributed by atoms with Crippen LogP contribution >= 0.6 is 0 Å². The van der Waals surface area contributed by atoms with E-state index < -0.39 is 0 Å². The molecule has 4 nitrogen and oxygen atoms in total. The van der Waals surface area contributed by atoms with E-state index in [-0.39, 0.29) is 16.3 Å². The second-order valence-electron chi connectivity index (χ2n) is 6.29. The molecule has 1 aliphatic rings. The Morgan fingerprint density at radius 2 is 1.95 bits per heavy atom. The first-order chi connectivity index (χ1) is 10.1. The number of rotatable bonds is 6. The summed E-state index contributed by atoms with van der Waals surface area (Å²) in [4.78, 5) is 10.6. The molecule has 1 saturated carbocycles. The lowest BCUT2D eigenvalue weighted by Crippen LogP contribution is -2.13. The van der Waals surface area contributed by atoms with Crippen LogP contribution in [0.4, 0.5) is 11.4 Å². The monoisotopic (exact) mass is 290 g/mol. The molecule has 2 rings (SSSR count). The highest BCUT2D eigenvalue weighted by Gasteiger charge is 2.24. The summed E-state index contributed by atoms with van der Waals surface area (Å²) in [5.41, 5.74) is 7.07. The van der Waals surface area contributed by atoms with Crippen molar-refractivity contribution in [3.63, 3.8) is 0 Å². The molecule has 1 aromatic rings. The van der Waals surface area contributed by atoms with E-state index >= 15 is 0 Å². The van der Waals surface area contributed by atoms with E-state index in [1.54, 1.807) is 12.1 Å². The van der Waals surface area contributed by atoms with E-state index in [0.717, 1.165) is 24.3 Å². The molecule has 1 fully saturated rings. The molecule has 0 atom stereocenters. The molecule has 0 aromatic heterocycles. The first-order valence-electron chi connectivity index (χ1n) is 8.15. The molecule has 0 radical (unpaired) electrons. The summed E-state index contributed by atoms with van der Waals surface area (Å²) in [7, 11) is 0. The minimum absolute atomic E-state index is 0.0533. The highest BCUT2D eigenvalue weighted by atomic mass is 16.6. The smallest absolute Gasteiger partial charge is 0.292 e. The molecule has 4 heteroatoms. The highest BCUT2D eigenvalue weighted by Crippen LogP contribution is 2.39. The molecule has 0 bridgehead atoms. The van der Waals surface area contributed by atoms with Crippen LogP contribution in [0.25, 0.3) is 0 Å². The largest absolute Gasteiger partial charge is 0.393 e. The number of nitrogen functional groups attached to an aromatic ring is 1. The number of nitro benzene ring substituents is 1. The molecule has 1 aromatic carbocycles. The SMILES string of the molecule is CCCCCC1CCC(c2ccc(N)c([N+](=O)[O-])c2)CC1. The van der Waals surface area contributed by atoms with Gasteiger partial charge in [-0.15, -0.1) is 0 Å². The molecule has 0 aliphatic heterocycles. The van der Waals surface area contributed by atoms with Crippen molar-refractivity contribution in [2.24, 2.45) is 5.92 Å². The van der Waals surface area contributed by atoms with Gasteiger partial charge in [0, 0.05) is 6.07 Å². The molecule has 2 N–H and O–H groups in total. The number of nitrogens with two attached hydrogens (primary N) is 1. The Morgan fingerprint density at radius 1 is 1.24 bits per heavy atom. The third-order valence-electron chi connectivity index (χ3n) is 4.79. The van der Waals surface area contributed by atoms with Gasteiger partial charge >= 0.3 is 0 Å².